The lowest BCUT2D eigenvalue weighted by Gasteiger charge is -2.37. The number of rotatable bonds is 11. The zero-order chi connectivity index (χ0) is 43.4. The minimum absolute atomic E-state index is 0.00374. The lowest BCUT2D eigenvalue weighted by Crippen LogP contribution is -2.47. The first-order chi connectivity index (χ1) is 31.5. The number of morpholine rings is 1. The van der Waals surface area contributed by atoms with Crippen LogP contribution in [0.1, 0.15) is 96.6 Å². The standard InChI is InChI=1S/C52H52N8O4/c61-50(41-25-26-41)57-46(39-9-3-1-4-10-39)51(62)59-27-7-13-44(59)48-53-33-42(55-48)37-21-17-35(18-22-37)15-16-36-19-23-38(24-20-36)43-34-54-49(56-43)45-14-8-28-60(45)52(63)47(40-11-5-2-6-12-40)58-29-31-64-32-30-58/h1-6,9-12,17-24,33-34,41,44-47H,7-8,13-14,25-32H2,(H,53,55)(H,54,56)(H,57,61). The van der Waals surface area contributed by atoms with Crippen molar-refractivity contribution in [2.24, 2.45) is 5.92 Å². The molecule has 4 unspecified atom stereocenters. The molecule has 12 heteroatoms. The molecule has 64 heavy (non-hydrogen) atoms. The van der Waals surface area contributed by atoms with Gasteiger partial charge in [-0.15, -0.1) is 0 Å². The molecule has 2 aromatic heterocycles. The Kier molecular flexibility index (Phi) is 11.9. The molecule has 324 valence electrons. The van der Waals surface area contributed by atoms with Crippen LogP contribution in [0.5, 0.6) is 0 Å². The van der Waals surface area contributed by atoms with Gasteiger partial charge < -0.3 is 29.8 Å². The summed E-state index contributed by atoms with van der Waals surface area (Å²) in [6.45, 7) is 4.01. The van der Waals surface area contributed by atoms with Gasteiger partial charge in [0.15, 0.2) is 0 Å². The maximum atomic E-state index is 14.3. The summed E-state index contributed by atoms with van der Waals surface area (Å²) in [5.74, 6) is 8.12. The summed E-state index contributed by atoms with van der Waals surface area (Å²) in [7, 11) is 0. The first-order valence-corrected chi connectivity index (χ1v) is 22.6. The number of hydrogen-bond acceptors (Lipinski definition) is 7. The number of nitrogens with one attached hydrogen (secondary N) is 3. The van der Waals surface area contributed by atoms with E-state index >= 15 is 0 Å². The van der Waals surface area contributed by atoms with E-state index in [9.17, 15) is 14.4 Å². The Morgan fingerprint density at radius 2 is 1.11 bits per heavy atom. The number of hydrogen-bond donors (Lipinski definition) is 3. The predicted octanol–water partition coefficient (Wildman–Crippen LogP) is 7.53. The Bertz CT molecular complexity index is 2640. The largest absolute Gasteiger partial charge is 0.379 e. The van der Waals surface area contributed by atoms with Crippen molar-refractivity contribution in [3.05, 3.63) is 155 Å². The summed E-state index contributed by atoms with van der Waals surface area (Å²) in [5.41, 5.74) is 7.32. The fourth-order valence-corrected chi connectivity index (χ4v) is 9.39. The molecule has 4 aromatic carbocycles. The highest BCUT2D eigenvalue weighted by atomic mass is 16.5. The molecule has 0 spiro atoms. The number of aromatic nitrogens is 4. The molecule has 4 aliphatic rings. The Hall–Kier alpha value is -6.81. The molecule has 3 N–H and O–H groups in total. The third-order valence-electron chi connectivity index (χ3n) is 13.0. The summed E-state index contributed by atoms with van der Waals surface area (Å²) in [5, 5.41) is 3.05. The van der Waals surface area contributed by atoms with Crippen LogP contribution in [-0.2, 0) is 19.1 Å². The highest BCUT2D eigenvalue weighted by Gasteiger charge is 2.40. The van der Waals surface area contributed by atoms with Gasteiger partial charge in [-0.3, -0.25) is 19.3 Å². The van der Waals surface area contributed by atoms with Crippen molar-refractivity contribution in [1.29, 1.82) is 0 Å². The first kappa shape index (κ1) is 41.2. The van der Waals surface area contributed by atoms with Crippen molar-refractivity contribution in [1.82, 2.24) is 40.0 Å². The third-order valence-corrected chi connectivity index (χ3v) is 13.0. The van der Waals surface area contributed by atoms with Gasteiger partial charge in [0.05, 0.1) is 49.1 Å². The number of likely N-dealkylation sites (tertiary alicyclic amines) is 2. The van der Waals surface area contributed by atoms with Crippen molar-refractivity contribution in [2.75, 3.05) is 39.4 Å². The molecule has 0 bridgehead atoms. The molecule has 3 amide bonds. The van der Waals surface area contributed by atoms with Crippen LogP contribution >= 0.6 is 0 Å². The molecule has 4 atom stereocenters. The second-order valence-electron chi connectivity index (χ2n) is 17.2. The van der Waals surface area contributed by atoms with Crippen molar-refractivity contribution >= 4 is 17.7 Å². The van der Waals surface area contributed by atoms with E-state index in [4.69, 9.17) is 14.7 Å². The molecular formula is C52H52N8O4. The molecule has 10 rings (SSSR count). The summed E-state index contributed by atoms with van der Waals surface area (Å²) in [6, 6.07) is 34.4. The average molecular weight is 853 g/mol. The van der Waals surface area contributed by atoms with E-state index in [-0.39, 0.29) is 41.8 Å². The van der Waals surface area contributed by atoms with Gasteiger partial charge in [0.1, 0.15) is 23.7 Å². The van der Waals surface area contributed by atoms with Crippen LogP contribution in [0.3, 0.4) is 0 Å². The van der Waals surface area contributed by atoms with Gasteiger partial charge in [-0.25, -0.2) is 9.97 Å². The van der Waals surface area contributed by atoms with E-state index < -0.39 is 6.04 Å². The summed E-state index contributed by atoms with van der Waals surface area (Å²) < 4.78 is 5.62. The van der Waals surface area contributed by atoms with Crippen LogP contribution in [0, 0.1) is 17.8 Å². The minimum atomic E-state index is -0.728. The van der Waals surface area contributed by atoms with Crippen LogP contribution in [0.4, 0.5) is 0 Å². The van der Waals surface area contributed by atoms with Crippen LogP contribution in [-0.4, -0.2) is 91.7 Å². The van der Waals surface area contributed by atoms with Crippen LogP contribution < -0.4 is 5.32 Å². The molecule has 5 heterocycles. The molecule has 3 aliphatic heterocycles. The zero-order valence-corrected chi connectivity index (χ0v) is 35.8. The molecule has 3 saturated heterocycles. The summed E-state index contributed by atoms with van der Waals surface area (Å²) in [4.78, 5) is 63.9. The van der Waals surface area contributed by atoms with Crippen LogP contribution in [0.25, 0.3) is 22.5 Å². The van der Waals surface area contributed by atoms with Crippen LogP contribution in [0.2, 0.25) is 0 Å². The SMILES string of the molecule is O=C(NC(C(=O)N1CCCC1c1ncc(-c2ccc(C#Cc3ccc(-c4cnc(C5CCCN5C(=O)C(c5ccccc5)N5CCOCC5)[nH]4)cc3)cc2)[nH]1)c1ccccc1)C1CC1. The lowest BCUT2D eigenvalue weighted by molar-refractivity contribution is -0.140. The van der Waals surface area contributed by atoms with Gasteiger partial charge >= 0.3 is 0 Å². The summed E-state index contributed by atoms with van der Waals surface area (Å²) in [6.07, 6.45) is 8.88. The number of carbonyl (C=O) groups is 3. The normalized spacial score (nSPS) is 19.8. The molecule has 1 saturated carbocycles. The van der Waals surface area contributed by atoms with E-state index in [1.165, 1.54) is 0 Å². The highest BCUT2D eigenvalue weighted by molar-refractivity contribution is 5.90. The van der Waals surface area contributed by atoms with Crippen molar-refractivity contribution < 1.29 is 19.1 Å². The number of aromatic amines is 2. The lowest BCUT2D eigenvalue weighted by atomic mass is 10.0. The van der Waals surface area contributed by atoms with Gasteiger partial charge in [-0.05, 0) is 85.0 Å². The third kappa shape index (κ3) is 8.87. The molecule has 12 nitrogen and oxygen atoms in total. The van der Waals surface area contributed by atoms with E-state index in [0.29, 0.717) is 26.3 Å². The Morgan fingerprint density at radius 1 is 0.609 bits per heavy atom. The van der Waals surface area contributed by atoms with Gasteiger partial charge in [0, 0.05) is 43.2 Å². The van der Waals surface area contributed by atoms with Gasteiger partial charge in [-0.2, -0.15) is 0 Å². The second kappa shape index (κ2) is 18.5. The first-order valence-electron chi connectivity index (χ1n) is 22.6. The Morgan fingerprint density at radius 3 is 1.62 bits per heavy atom. The van der Waals surface area contributed by atoms with Gasteiger partial charge in [0.2, 0.25) is 17.7 Å². The van der Waals surface area contributed by atoms with Crippen LogP contribution in [0.15, 0.2) is 122 Å². The highest BCUT2D eigenvalue weighted by Crippen LogP contribution is 2.37. The Balaban J connectivity index is 0.777. The molecule has 0 radical (unpaired) electrons. The predicted molar refractivity (Wildman–Crippen MR) is 243 cm³/mol. The number of nitrogens with zero attached hydrogens (tertiary/aromatic N) is 5. The smallest absolute Gasteiger partial charge is 0.250 e. The topological polar surface area (TPSA) is 140 Å². The maximum absolute atomic E-state index is 14.3. The maximum Gasteiger partial charge on any atom is 0.250 e. The average Bonchev–Trinajstić information content (AvgIpc) is 3.79. The molecule has 1 aliphatic carbocycles. The summed E-state index contributed by atoms with van der Waals surface area (Å²) >= 11 is 0. The number of H-pyrrole nitrogens is 2. The fourth-order valence-electron chi connectivity index (χ4n) is 9.39. The van der Waals surface area contributed by atoms with Crippen molar-refractivity contribution in [3.63, 3.8) is 0 Å². The number of benzene rings is 4. The monoisotopic (exact) mass is 852 g/mol. The van der Waals surface area contributed by atoms with E-state index in [1.807, 2.05) is 119 Å². The second-order valence-corrected chi connectivity index (χ2v) is 17.2. The van der Waals surface area contributed by atoms with Crippen molar-refractivity contribution in [3.8, 4) is 34.4 Å². The van der Waals surface area contributed by atoms with E-state index in [1.54, 1.807) is 0 Å². The molecule has 6 aromatic rings. The molecule has 4 fully saturated rings. The fraction of sp³-hybridized carbons (Fsp3) is 0.327. The van der Waals surface area contributed by atoms with Crippen molar-refractivity contribution in [2.45, 2.75) is 62.7 Å². The molecular weight excluding hydrogens is 801 g/mol. The van der Waals surface area contributed by atoms with Gasteiger partial charge in [0.25, 0.3) is 0 Å². The number of amides is 3. The minimum Gasteiger partial charge on any atom is -0.379 e. The number of imidazole rings is 2. The zero-order valence-electron chi connectivity index (χ0n) is 35.8. The Labute approximate surface area is 373 Å². The number of carbonyl (C=O) groups excluding carboxylic acids is 3. The van der Waals surface area contributed by atoms with E-state index in [0.717, 1.165) is 108 Å². The number of ether oxygens (including phenoxy) is 1. The van der Waals surface area contributed by atoms with E-state index in [2.05, 4.69) is 44.2 Å². The quantitative estimate of drug-likeness (QED) is 0.115. The van der Waals surface area contributed by atoms with Gasteiger partial charge in [-0.1, -0.05) is 96.8 Å².